The number of benzene rings is 3. The van der Waals surface area contributed by atoms with Crippen LogP contribution < -0.4 is 15.4 Å². The number of Topliss-reactive ketones (excluding diaryl/α,β-unsaturated/α-hetero) is 1. The van der Waals surface area contributed by atoms with Crippen molar-refractivity contribution in [2.75, 3.05) is 19.0 Å². The van der Waals surface area contributed by atoms with Gasteiger partial charge in [0.15, 0.2) is 5.75 Å². The third kappa shape index (κ3) is 9.39. The number of ketones is 1. The molecular formula is C46H57FN2O12. The van der Waals surface area contributed by atoms with Crippen LogP contribution in [0.15, 0.2) is 60.4 Å². The molecule has 3 aliphatic rings. The van der Waals surface area contributed by atoms with E-state index in [-0.39, 0.29) is 64.0 Å². The molecule has 3 aromatic rings. The van der Waals surface area contributed by atoms with Crippen molar-refractivity contribution in [2.45, 2.75) is 98.6 Å². The molecule has 0 unspecified atom stereocenters. The third-order valence-electron chi connectivity index (χ3n) is 11.9. The molecule has 14 nitrogen and oxygen atoms in total. The van der Waals surface area contributed by atoms with Crippen molar-refractivity contribution in [1.29, 1.82) is 0 Å². The number of aliphatic hydroxyl groups is 2. The molecule has 3 aliphatic heterocycles. The van der Waals surface area contributed by atoms with Gasteiger partial charge in [0.2, 0.25) is 0 Å². The highest BCUT2D eigenvalue weighted by Crippen LogP contribution is 2.55. The lowest BCUT2D eigenvalue weighted by Gasteiger charge is -2.38. The molecule has 0 aromatic heterocycles. The maximum absolute atomic E-state index is 14.4. The second-order valence-electron chi connectivity index (χ2n) is 16.2. The number of hydrogen-bond acceptors (Lipinski definition) is 13. The summed E-state index contributed by atoms with van der Waals surface area (Å²) in [5, 5.41) is 63.6. The van der Waals surface area contributed by atoms with Gasteiger partial charge in [-0.3, -0.25) is 14.4 Å². The number of methoxy groups -OCH3 is 1. The minimum absolute atomic E-state index is 0.0346. The molecular weight excluding hydrogens is 792 g/mol. The number of nitrogens with one attached hydrogen (secondary N) is 2. The number of allylic oxidation sites excluding steroid dienone is 2. The number of rotatable bonds is 7. The Labute approximate surface area is 354 Å². The van der Waals surface area contributed by atoms with Crippen molar-refractivity contribution >= 4 is 34.1 Å². The predicted octanol–water partition coefficient (Wildman–Crippen LogP) is 6.23. The van der Waals surface area contributed by atoms with Crippen LogP contribution in [0, 0.1) is 36.4 Å². The number of halogens is 1. The zero-order valence-electron chi connectivity index (χ0n) is 35.9. The largest absolute Gasteiger partial charge is 0.507 e. The van der Waals surface area contributed by atoms with Gasteiger partial charge in [0.25, 0.3) is 11.7 Å². The van der Waals surface area contributed by atoms with Crippen LogP contribution in [0.3, 0.4) is 0 Å². The van der Waals surface area contributed by atoms with Crippen LogP contribution in [-0.4, -0.2) is 87.0 Å². The Hall–Kier alpha value is -5.48. The van der Waals surface area contributed by atoms with E-state index in [1.165, 1.54) is 59.3 Å². The quantitative estimate of drug-likeness (QED) is 0.0609. The van der Waals surface area contributed by atoms with Gasteiger partial charge >= 0.3 is 11.8 Å². The first kappa shape index (κ1) is 46.6. The number of phenolic OH excluding ortho intramolecular Hbond substituents is 3. The number of anilines is 1. The molecule has 6 rings (SSSR count). The number of carbonyl (C=O) groups excluding carboxylic acids is 3. The van der Waals surface area contributed by atoms with Crippen molar-refractivity contribution in [1.82, 2.24) is 5.32 Å². The maximum atomic E-state index is 14.4. The van der Waals surface area contributed by atoms with E-state index in [9.17, 15) is 44.3 Å². The van der Waals surface area contributed by atoms with Gasteiger partial charge in [-0.15, -0.1) is 0 Å². The van der Waals surface area contributed by atoms with Gasteiger partial charge < -0.3 is 55.1 Å². The SMILES string of the molecule is CO[C@H]1C=CO[C@@]2(C)Oc3c(C)c(O)c4c(O)c(c(CNCCc5ccccc5F)c(O)c4c3C2=O)NC(=O)/C(C)=C\C=C/[C@H](C)[C@H](O)[C@@H](C)[C@@H](O)[C@@H](C)[C@H](OC(C)=O)[C@@H]1C. The molecule has 0 saturated heterocycles. The molecule has 7 N–H and O–H groups in total. The number of fused-ring (bicyclic) bond motifs is 14. The second kappa shape index (κ2) is 19.1. The fourth-order valence-electron chi connectivity index (χ4n) is 8.10. The molecule has 3 aromatic carbocycles. The van der Waals surface area contributed by atoms with E-state index in [1.807, 2.05) is 0 Å². The number of ether oxygens (including phenoxy) is 4. The van der Waals surface area contributed by atoms with Gasteiger partial charge in [-0.05, 0) is 44.5 Å². The first-order valence-corrected chi connectivity index (χ1v) is 20.3. The van der Waals surface area contributed by atoms with Gasteiger partial charge in [-0.1, -0.05) is 64.1 Å². The summed E-state index contributed by atoms with van der Waals surface area (Å²) < 4.78 is 38.0. The Kier molecular flexibility index (Phi) is 14.6. The van der Waals surface area contributed by atoms with E-state index in [0.29, 0.717) is 5.56 Å². The smallest absolute Gasteiger partial charge is 0.312 e. The summed E-state index contributed by atoms with van der Waals surface area (Å²) in [5.74, 6) is -8.93. The van der Waals surface area contributed by atoms with Gasteiger partial charge in [0, 0.05) is 73.3 Å². The van der Waals surface area contributed by atoms with Gasteiger partial charge in [0.05, 0.1) is 41.2 Å². The Morgan fingerprint density at radius 1 is 0.951 bits per heavy atom. The second-order valence-corrected chi connectivity index (χ2v) is 16.2. The lowest BCUT2D eigenvalue weighted by molar-refractivity contribution is -0.160. The number of amides is 1. The topological polar surface area (TPSA) is 213 Å². The van der Waals surface area contributed by atoms with E-state index >= 15 is 0 Å². The summed E-state index contributed by atoms with van der Waals surface area (Å²) in [5.41, 5.74) is 0.121. The zero-order valence-corrected chi connectivity index (χ0v) is 35.9. The molecule has 0 saturated carbocycles. The van der Waals surface area contributed by atoms with Crippen molar-refractivity contribution in [3.8, 4) is 23.0 Å². The van der Waals surface area contributed by atoms with Crippen LogP contribution >= 0.6 is 0 Å². The summed E-state index contributed by atoms with van der Waals surface area (Å²) in [6.07, 6.45) is 3.68. The maximum Gasteiger partial charge on any atom is 0.312 e. The summed E-state index contributed by atoms with van der Waals surface area (Å²) in [4.78, 5) is 40.5. The molecule has 15 heteroatoms. The summed E-state index contributed by atoms with van der Waals surface area (Å²) in [7, 11) is 1.42. The minimum atomic E-state index is -2.07. The van der Waals surface area contributed by atoms with E-state index < -0.39 is 94.6 Å². The van der Waals surface area contributed by atoms with Gasteiger partial charge in [-0.25, -0.2) is 4.39 Å². The average molecular weight is 849 g/mol. The number of esters is 1. The number of phenols is 3. The van der Waals surface area contributed by atoms with E-state index in [4.69, 9.17) is 18.9 Å². The van der Waals surface area contributed by atoms with Crippen molar-refractivity contribution in [2.24, 2.45) is 23.7 Å². The molecule has 330 valence electrons. The monoisotopic (exact) mass is 848 g/mol. The fourth-order valence-corrected chi connectivity index (χ4v) is 8.10. The molecule has 3 heterocycles. The number of hydrogen-bond donors (Lipinski definition) is 7. The number of aliphatic hydroxyl groups excluding tert-OH is 2. The Morgan fingerprint density at radius 2 is 1.64 bits per heavy atom. The van der Waals surface area contributed by atoms with Crippen LogP contribution in [0.4, 0.5) is 10.1 Å². The predicted molar refractivity (Wildman–Crippen MR) is 226 cm³/mol. The van der Waals surface area contributed by atoms with Crippen molar-refractivity contribution in [3.63, 3.8) is 0 Å². The fraction of sp³-hybridized carbons (Fsp3) is 0.457. The minimum Gasteiger partial charge on any atom is -0.507 e. The van der Waals surface area contributed by atoms with Crippen LogP contribution in [0.25, 0.3) is 10.8 Å². The Bertz CT molecular complexity index is 2260. The molecule has 0 aliphatic carbocycles. The molecule has 1 amide bonds. The summed E-state index contributed by atoms with van der Waals surface area (Å²) in [6.45, 7) is 12.4. The van der Waals surface area contributed by atoms with Gasteiger partial charge in [0.1, 0.15) is 29.2 Å². The molecule has 0 fully saturated rings. The number of aromatic hydroxyl groups is 3. The third-order valence-corrected chi connectivity index (χ3v) is 11.9. The normalized spacial score (nSPS) is 28.8. The highest BCUT2D eigenvalue weighted by atomic mass is 19.1. The summed E-state index contributed by atoms with van der Waals surface area (Å²) >= 11 is 0. The number of carbonyl (C=O) groups is 3. The first-order chi connectivity index (χ1) is 28.7. The molecule has 0 spiro atoms. The average Bonchev–Trinajstić information content (AvgIpc) is 3.49. The highest BCUT2D eigenvalue weighted by molar-refractivity contribution is 6.22. The summed E-state index contributed by atoms with van der Waals surface area (Å²) in [6, 6.07) is 6.25. The molecule has 61 heavy (non-hydrogen) atoms. The Balaban J connectivity index is 1.66. The van der Waals surface area contributed by atoms with Crippen molar-refractivity contribution < 1.29 is 63.3 Å². The van der Waals surface area contributed by atoms with Crippen LogP contribution in [0.2, 0.25) is 0 Å². The highest BCUT2D eigenvalue weighted by Gasteiger charge is 2.50. The van der Waals surface area contributed by atoms with E-state index in [0.717, 1.165) is 0 Å². The molecule has 0 radical (unpaired) electrons. The van der Waals surface area contributed by atoms with Crippen LogP contribution in [0.1, 0.15) is 75.5 Å². The zero-order chi connectivity index (χ0) is 45.1. The standard InChI is InChI=1S/C46H57FN2O12/c1-22-13-12-14-23(2)45(57)49-36-30(21-48-19-17-29-15-10-11-16-31(29)47)40(54)33-34(41(36)55)39(53)27(6)43-35(33)44(56)46(8,61-43)59-20-18-32(58-9)24(3)42(60-28(7)50)26(5)38(52)25(4)37(22)51/h10-16,18,20,22,24-26,32,37-38,42,48,51-55H,17,19,21H2,1-9H3,(H,49,57)/b13-12-,20-18?,23-14-/t22-,24+,25+,26+,32-,37-,38+,42+,46-/m0/s1. The van der Waals surface area contributed by atoms with Crippen molar-refractivity contribution in [3.05, 3.63) is 88.5 Å². The van der Waals surface area contributed by atoms with Crippen LogP contribution in [-0.2, 0) is 36.8 Å². The van der Waals surface area contributed by atoms with Gasteiger partial charge in [-0.2, -0.15) is 0 Å². The van der Waals surface area contributed by atoms with E-state index in [1.54, 1.807) is 58.0 Å². The first-order valence-electron chi connectivity index (χ1n) is 20.3. The Morgan fingerprint density at radius 3 is 2.30 bits per heavy atom. The lowest BCUT2D eigenvalue weighted by Crippen LogP contribution is -2.46. The molecule has 5 bridgehead atoms. The van der Waals surface area contributed by atoms with E-state index in [2.05, 4.69) is 10.6 Å². The molecule has 9 atom stereocenters. The van der Waals surface area contributed by atoms with Crippen LogP contribution in [0.5, 0.6) is 23.0 Å². The lowest BCUT2D eigenvalue weighted by atomic mass is 9.78.